The van der Waals surface area contributed by atoms with Gasteiger partial charge < -0.3 is 10.6 Å². The maximum atomic E-state index is 4.78. The number of halogens is 1. The van der Waals surface area contributed by atoms with Gasteiger partial charge in [0.1, 0.15) is 0 Å². The van der Waals surface area contributed by atoms with Gasteiger partial charge in [0, 0.05) is 36.5 Å². The molecule has 2 unspecified atom stereocenters. The lowest BCUT2D eigenvalue weighted by Crippen LogP contribution is -2.47. The molecular weight excluding hydrogens is 407 g/mol. The van der Waals surface area contributed by atoms with Crippen LogP contribution in [-0.4, -0.2) is 60.1 Å². The van der Waals surface area contributed by atoms with Gasteiger partial charge in [0.25, 0.3) is 0 Å². The average molecular weight is 442 g/mol. The summed E-state index contributed by atoms with van der Waals surface area (Å²) in [6.45, 7) is 17.5. The molecule has 2 N–H and O–H groups in total. The maximum absolute atomic E-state index is 4.78. The van der Waals surface area contributed by atoms with Crippen molar-refractivity contribution in [3.8, 4) is 0 Å². The van der Waals surface area contributed by atoms with Crippen LogP contribution in [-0.2, 0) is 0 Å². The Labute approximate surface area is 158 Å². The van der Waals surface area contributed by atoms with E-state index in [1.807, 2.05) is 11.8 Å². The van der Waals surface area contributed by atoms with Crippen LogP contribution < -0.4 is 10.6 Å². The molecule has 1 saturated heterocycles. The van der Waals surface area contributed by atoms with E-state index in [-0.39, 0.29) is 28.7 Å². The van der Waals surface area contributed by atoms with E-state index in [1.54, 1.807) is 0 Å². The van der Waals surface area contributed by atoms with E-state index in [1.165, 1.54) is 6.54 Å². The fourth-order valence-electron chi connectivity index (χ4n) is 2.44. The zero-order valence-electron chi connectivity index (χ0n) is 15.3. The summed E-state index contributed by atoms with van der Waals surface area (Å²) in [6, 6.07) is 1.11. The zero-order valence-corrected chi connectivity index (χ0v) is 18.4. The topological polar surface area (TPSA) is 39.7 Å². The Morgan fingerprint density at radius 1 is 1.36 bits per heavy atom. The lowest BCUT2D eigenvalue weighted by Gasteiger charge is -2.24. The first kappa shape index (κ1) is 22.3. The number of nitrogens with zero attached hydrogens (tertiary/aromatic N) is 2. The molecule has 22 heavy (non-hydrogen) atoms. The molecule has 0 bridgehead atoms. The maximum Gasteiger partial charge on any atom is 0.191 e. The van der Waals surface area contributed by atoms with Gasteiger partial charge >= 0.3 is 0 Å². The Hall–Kier alpha value is 0.310. The monoisotopic (exact) mass is 442 g/mol. The number of hydrogen-bond donors (Lipinski definition) is 2. The Morgan fingerprint density at radius 2 is 2.00 bits per heavy atom. The highest BCUT2D eigenvalue weighted by atomic mass is 127. The molecule has 0 aromatic heterocycles. The van der Waals surface area contributed by atoms with E-state index < -0.39 is 0 Å². The summed E-state index contributed by atoms with van der Waals surface area (Å²) in [6.07, 6.45) is 2.15. The van der Waals surface area contributed by atoms with Crippen molar-refractivity contribution in [2.75, 3.05) is 32.4 Å². The first-order chi connectivity index (χ1) is 9.79. The van der Waals surface area contributed by atoms with Crippen molar-refractivity contribution in [2.24, 2.45) is 10.9 Å². The van der Waals surface area contributed by atoms with Crippen LogP contribution in [0.2, 0.25) is 0 Å². The second-order valence-corrected chi connectivity index (χ2v) is 8.45. The summed E-state index contributed by atoms with van der Waals surface area (Å²) in [5.74, 6) is 1.62. The summed E-state index contributed by atoms with van der Waals surface area (Å²) >= 11 is 1.86. The molecule has 0 saturated carbocycles. The van der Waals surface area contributed by atoms with Crippen LogP contribution in [0, 0.1) is 5.92 Å². The van der Waals surface area contributed by atoms with Crippen LogP contribution in [0.5, 0.6) is 0 Å². The van der Waals surface area contributed by atoms with E-state index in [4.69, 9.17) is 4.99 Å². The molecule has 0 amide bonds. The molecule has 0 spiro atoms. The average Bonchev–Trinajstić information content (AvgIpc) is 2.78. The minimum absolute atomic E-state index is 0. The number of rotatable bonds is 6. The van der Waals surface area contributed by atoms with Crippen molar-refractivity contribution >= 4 is 41.7 Å². The highest BCUT2D eigenvalue weighted by Gasteiger charge is 2.31. The highest BCUT2D eigenvalue weighted by Crippen LogP contribution is 2.21. The van der Waals surface area contributed by atoms with Crippen LogP contribution in [0.25, 0.3) is 0 Å². The van der Waals surface area contributed by atoms with Gasteiger partial charge in [0.05, 0.1) is 6.54 Å². The van der Waals surface area contributed by atoms with Gasteiger partial charge in [-0.2, -0.15) is 11.8 Å². The van der Waals surface area contributed by atoms with Gasteiger partial charge in [-0.25, -0.2) is 0 Å². The van der Waals surface area contributed by atoms with Gasteiger partial charge in [0.15, 0.2) is 5.96 Å². The van der Waals surface area contributed by atoms with E-state index in [0.29, 0.717) is 18.0 Å². The third-order valence-corrected chi connectivity index (χ3v) is 5.44. The van der Waals surface area contributed by atoms with Crippen LogP contribution in [0.15, 0.2) is 4.99 Å². The Balaban J connectivity index is 0.00000441. The molecule has 0 aromatic carbocycles. The van der Waals surface area contributed by atoms with Gasteiger partial charge in [-0.15, -0.1) is 24.0 Å². The van der Waals surface area contributed by atoms with Crippen molar-refractivity contribution in [1.29, 1.82) is 0 Å². The van der Waals surface area contributed by atoms with E-state index >= 15 is 0 Å². The summed E-state index contributed by atoms with van der Waals surface area (Å²) in [5.41, 5.74) is 0. The Morgan fingerprint density at radius 3 is 2.45 bits per heavy atom. The first-order valence-electron chi connectivity index (χ1n) is 8.13. The first-order valence-corrected chi connectivity index (χ1v) is 9.35. The van der Waals surface area contributed by atoms with Gasteiger partial charge in [-0.1, -0.05) is 6.92 Å². The van der Waals surface area contributed by atoms with E-state index in [0.717, 1.165) is 25.6 Å². The minimum Gasteiger partial charge on any atom is -0.357 e. The molecule has 0 radical (unpaired) electrons. The molecule has 1 rings (SSSR count). The fraction of sp³-hybridized carbons (Fsp3) is 0.938. The predicted octanol–water partition coefficient (Wildman–Crippen LogP) is 3.03. The minimum atomic E-state index is 0. The molecule has 132 valence electrons. The number of guanidine groups is 1. The quantitative estimate of drug-likeness (QED) is 0.377. The summed E-state index contributed by atoms with van der Waals surface area (Å²) in [4.78, 5) is 7.32. The summed E-state index contributed by atoms with van der Waals surface area (Å²) < 4.78 is 0.188. The van der Waals surface area contributed by atoms with Crippen molar-refractivity contribution in [3.05, 3.63) is 0 Å². The van der Waals surface area contributed by atoms with Crippen molar-refractivity contribution < 1.29 is 0 Å². The Kier molecular flexibility index (Phi) is 10.4. The standard InChI is InChI=1S/C16H34N4S.HI/c1-8-17-15(18-11-16(5,6)21-7)19-14-10-20(12(2)3)9-13(14)4;/h12-14H,8-11H2,1-7H3,(H2,17,18,19);1H. The van der Waals surface area contributed by atoms with Crippen LogP contribution in [0.4, 0.5) is 0 Å². The lowest BCUT2D eigenvalue weighted by molar-refractivity contribution is 0.265. The number of likely N-dealkylation sites (tertiary alicyclic amines) is 1. The van der Waals surface area contributed by atoms with Crippen LogP contribution >= 0.6 is 35.7 Å². The van der Waals surface area contributed by atoms with Gasteiger partial charge in [0.2, 0.25) is 0 Å². The lowest BCUT2D eigenvalue weighted by atomic mass is 10.1. The molecule has 1 fully saturated rings. The molecule has 4 nitrogen and oxygen atoms in total. The van der Waals surface area contributed by atoms with E-state index in [9.17, 15) is 0 Å². The number of aliphatic imine (C=N–C) groups is 1. The second-order valence-electron chi connectivity index (χ2n) is 6.93. The normalized spacial score (nSPS) is 23.5. The molecule has 1 aliphatic heterocycles. The number of hydrogen-bond acceptors (Lipinski definition) is 3. The Bertz CT molecular complexity index is 347. The zero-order chi connectivity index (χ0) is 16.0. The largest absolute Gasteiger partial charge is 0.357 e. The third-order valence-electron chi connectivity index (χ3n) is 4.21. The third kappa shape index (κ3) is 7.25. The second kappa shape index (κ2) is 10.2. The fourth-order valence-corrected chi connectivity index (χ4v) is 2.64. The van der Waals surface area contributed by atoms with Gasteiger partial charge in [-0.05, 0) is 46.8 Å². The summed E-state index contributed by atoms with van der Waals surface area (Å²) in [7, 11) is 0. The van der Waals surface area contributed by atoms with E-state index in [2.05, 4.69) is 63.3 Å². The molecule has 1 aliphatic rings. The van der Waals surface area contributed by atoms with Crippen molar-refractivity contribution in [1.82, 2.24) is 15.5 Å². The smallest absolute Gasteiger partial charge is 0.191 e. The van der Waals surface area contributed by atoms with Crippen molar-refractivity contribution in [2.45, 2.75) is 58.4 Å². The molecular formula is C16H35IN4S. The molecule has 1 heterocycles. The van der Waals surface area contributed by atoms with Gasteiger partial charge in [-0.3, -0.25) is 9.89 Å². The summed E-state index contributed by atoms with van der Waals surface area (Å²) in [5, 5.41) is 7.02. The molecule has 0 aliphatic carbocycles. The molecule has 6 heteroatoms. The number of thioether (sulfide) groups is 1. The number of nitrogens with one attached hydrogen (secondary N) is 2. The van der Waals surface area contributed by atoms with Crippen molar-refractivity contribution in [3.63, 3.8) is 0 Å². The predicted molar refractivity (Wildman–Crippen MR) is 112 cm³/mol. The van der Waals surface area contributed by atoms with Crippen LogP contribution in [0.1, 0.15) is 41.5 Å². The molecule has 2 atom stereocenters. The molecule has 0 aromatic rings. The SMILES string of the molecule is CCNC(=NCC(C)(C)SC)NC1CN(C(C)C)CC1C.I. The van der Waals surface area contributed by atoms with Crippen LogP contribution in [0.3, 0.4) is 0 Å². The highest BCUT2D eigenvalue weighted by molar-refractivity contribution is 14.0.